The number of nitrogens with zero attached hydrogens (tertiary/aromatic N) is 2. The summed E-state index contributed by atoms with van der Waals surface area (Å²) >= 11 is 3.19. The van der Waals surface area contributed by atoms with Gasteiger partial charge in [-0.2, -0.15) is 4.98 Å². The first kappa shape index (κ1) is 17.9. The molecule has 0 aliphatic heterocycles. The van der Waals surface area contributed by atoms with Crippen LogP contribution in [-0.2, 0) is 11.3 Å². The van der Waals surface area contributed by atoms with Gasteiger partial charge >= 0.3 is 5.97 Å². The molecule has 8 heteroatoms. The topological polar surface area (TPSA) is 94.7 Å². The lowest BCUT2D eigenvalue weighted by molar-refractivity contribution is 0.0456. The number of phenols is 1. The molecular weight excluding hydrogens is 404 g/mol. The van der Waals surface area contributed by atoms with Gasteiger partial charge in [0, 0.05) is 5.56 Å². The predicted molar refractivity (Wildman–Crippen MR) is 95.9 cm³/mol. The molecule has 0 atom stereocenters. The molecule has 7 nitrogen and oxygen atoms in total. The molecule has 1 aromatic heterocycles. The number of aromatic nitrogens is 2. The van der Waals surface area contributed by atoms with E-state index in [0.29, 0.717) is 16.1 Å². The van der Waals surface area contributed by atoms with Crippen LogP contribution in [0.2, 0.25) is 0 Å². The van der Waals surface area contributed by atoms with Gasteiger partial charge in [0.25, 0.3) is 5.89 Å². The van der Waals surface area contributed by atoms with Crippen molar-refractivity contribution in [1.82, 2.24) is 10.1 Å². The van der Waals surface area contributed by atoms with E-state index >= 15 is 0 Å². The summed E-state index contributed by atoms with van der Waals surface area (Å²) in [4.78, 5) is 16.4. The van der Waals surface area contributed by atoms with Crippen LogP contribution in [-0.4, -0.2) is 28.3 Å². The Hall–Kier alpha value is -2.87. The third-order valence-electron chi connectivity index (χ3n) is 3.57. The predicted octanol–water partition coefficient (Wildman–Crippen LogP) is 3.88. The third-order valence-corrected chi connectivity index (χ3v) is 4.17. The molecule has 0 spiro atoms. The lowest BCUT2D eigenvalue weighted by atomic mass is 10.1. The first-order valence-electron chi connectivity index (χ1n) is 7.61. The standard InChI is InChI=1S/C18H15BrN2O5/c1-10-7-13(16(22)14(19)8-10)18(23)25-9-15-20-17(26-21-15)11-3-5-12(24-2)6-4-11/h3-8,22H,9H2,1-2H3. The highest BCUT2D eigenvalue weighted by Crippen LogP contribution is 2.30. The van der Waals surface area contributed by atoms with E-state index in [1.165, 1.54) is 0 Å². The Morgan fingerprint density at radius 3 is 2.69 bits per heavy atom. The van der Waals surface area contributed by atoms with Crippen LogP contribution in [0.3, 0.4) is 0 Å². The summed E-state index contributed by atoms with van der Waals surface area (Å²) in [5, 5.41) is 13.8. The lowest BCUT2D eigenvalue weighted by Crippen LogP contribution is -2.07. The Morgan fingerprint density at radius 1 is 1.27 bits per heavy atom. The first-order chi connectivity index (χ1) is 12.5. The largest absolute Gasteiger partial charge is 0.506 e. The van der Waals surface area contributed by atoms with E-state index in [1.807, 2.05) is 0 Å². The Labute approximate surface area is 157 Å². The number of benzene rings is 2. The molecule has 3 aromatic rings. The van der Waals surface area contributed by atoms with Gasteiger partial charge in [-0.3, -0.25) is 0 Å². The molecule has 0 saturated carbocycles. The van der Waals surface area contributed by atoms with Crippen molar-refractivity contribution in [2.45, 2.75) is 13.5 Å². The Bertz CT molecular complexity index is 937. The molecule has 0 amide bonds. The maximum atomic E-state index is 12.2. The van der Waals surface area contributed by atoms with Gasteiger partial charge in [0.05, 0.1) is 11.6 Å². The van der Waals surface area contributed by atoms with Gasteiger partial charge in [0.15, 0.2) is 6.61 Å². The highest BCUT2D eigenvalue weighted by Gasteiger charge is 2.17. The molecule has 2 aromatic carbocycles. The maximum Gasteiger partial charge on any atom is 0.342 e. The number of hydrogen-bond acceptors (Lipinski definition) is 7. The molecule has 0 saturated heterocycles. The van der Waals surface area contributed by atoms with Gasteiger partial charge < -0.3 is 19.1 Å². The smallest absolute Gasteiger partial charge is 0.342 e. The highest BCUT2D eigenvalue weighted by molar-refractivity contribution is 9.10. The minimum Gasteiger partial charge on any atom is -0.506 e. The first-order valence-corrected chi connectivity index (χ1v) is 8.40. The maximum absolute atomic E-state index is 12.2. The summed E-state index contributed by atoms with van der Waals surface area (Å²) in [6.45, 7) is 1.63. The van der Waals surface area contributed by atoms with Crippen molar-refractivity contribution >= 4 is 21.9 Å². The fourth-order valence-electron chi connectivity index (χ4n) is 2.26. The van der Waals surface area contributed by atoms with Crippen molar-refractivity contribution in [3.63, 3.8) is 0 Å². The zero-order chi connectivity index (χ0) is 18.7. The minimum absolute atomic E-state index is 0.0655. The second kappa shape index (κ2) is 7.57. The van der Waals surface area contributed by atoms with Crippen LogP contribution in [0.1, 0.15) is 21.7 Å². The second-order valence-electron chi connectivity index (χ2n) is 5.46. The SMILES string of the molecule is COc1ccc(-c2nc(COC(=O)c3cc(C)cc(Br)c3O)no2)cc1. The van der Waals surface area contributed by atoms with Gasteiger partial charge in [-0.05, 0) is 64.8 Å². The molecule has 0 unspecified atom stereocenters. The van der Waals surface area contributed by atoms with Crippen LogP contribution in [0.15, 0.2) is 45.4 Å². The zero-order valence-corrected chi connectivity index (χ0v) is 15.6. The molecule has 0 bridgehead atoms. The van der Waals surface area contributed by atoms with Gasteiger partial charge in [-0.15, -0.1) is 0 Å². The normalized spacial score (nSPS) is 10.6. The molecule has 1 heterocycles. The van der Waals surface area contributed by atoms with Crippen molar-refractivity contribution in [1.29, 1.82) is 0 Å². The molecule has 0 aliphatic carbocycles. The average molecular weight is 419 g/mol. The molecule has 0 radical (unpaired) electrons. The summed E-state index contributed by atoms with van der Waals surface area (Å²) in [7, 11) is 1.58. The van der Waals surface area contributed by atoms with Crippen molar-refractivity contribution in [2.75, 3.05) is 7.11 Å². The summed E-state index contributed by atoms with van der Waals surface area (Å²) in [6, 6.07) is 10.4. The molecule has 3 rings (SSSR count). The third kappa shape index (κ3) is 3.85. The van der Waals surface area contributed by atoms with Crippen molar-refractivity contribution in [3.05, 3.63) is 57.8 Å². The Morgan fingerprint density at radius 2 is 2.00 bits per heavy atom. The van der Waals surface area contributed by atoms with E-state index < -0.39 is 5.97 Å². The summed E-state index contributed by atoms with van der Waals surface area (Å²) < 4.78 is 15.9. The summed E-state index contributed by atoms with van der Waals surface area (Å²) in [6.07, 6.45) is 0. The van der Waals surface area contributed by atoms with E-state index in [-0.39, 0.29) is 23.7 Å². The van der Waals surface area contributed by atoms with Crippen LogP contribution in [0.25, 0.3) is 11.5 Å². The molecule has 1 N–H and O–H groups in total. The number of phenolic OH excluding ortho intramolecular Hbond substituents is 1. The fraction of sp³-hybridized carbons (Fsp3) is 0.167. The monoisotopic (exact) mass is 418 g/mol. The number of rotatable bonds is 5. The van der Waals surface area contributed by atoms with Crippen molar-refractivity contribution < 1.29 is 23.9 Å². The average Bonchev–Trinajstić information content (AvgIpc) is 3.11. The number of aromatic hydroxyl groups is 1. The van der Waals surface area contributed by atoms with E-state index in [9.17, 15) is 9.90 Å². The van der Waals surface area contributed by atoms with Crippen molar-refractivity contribution in [2.24, 2.45) is 0 Å². The number of esters is 1. The second-order valence-corrected chi connectivity index (χ2v) is 6.32. The van der Waals surface area contributed by atoms with E-state index in [1.54, 1.807) is 50.4 Å². The quantitative estimate of drug-likeness (QED) is 0.628. The fourth-order valence-corrected chi connectivity index (χ4v) is 2.84. The van der Waals surface area contributed by atoms with Gasteiger partial charge in [-0.25, -0.2) is 4.79 Å². The number of halogens is 1. The zero-order valence-electron chi connectivity index (χ0n) is 14.0. The van der Waals surface area contributed by atoms with Crippen LogP contribution in [0.4, 0.5) is 0 Å². The summed E-state index contributed by atoms with van der Waals surface area (Å²) in [5.74, 6) is 0.386. The number of methoxy groups -OCH3 is 1. The van der Waals surface area contributed by atoms with Gasteiger partial charge in [0.1, 0.15) is 17.1 Å². The minimum atomic E-state index is -0.678. The van der Waals surface area contributed by atoms with Crippen LogP contribution in [0.5, 0.6) is 11.5 Å². The van der Waals surface area contributed by atoms with Crippen LogP contribution < -0.4 is 4.74 Å². The van der Waals surface area contributed by atoms with Gasteiger partial charge in [0.2, 0.25) is 5.82 Å². The number of ether oxygens (including phenoxy) is 2. The van der Waals surface area contributed by atoms with Gasteiger partial charge in [-0.1, -0.05) is 5.16 Å². The number of aryl methyl sites for hydroxylation is 1. The van der Waals surface area contributed by atoms with Crippen LogP contribution in [0, 0.1) is 6.92 Å². The van der Waals surface area contributed by atoms with E-state index in [4.69, 9.17) is 14.0 Å². The summed E-state index contributed by atoms with van der Waals surface area (Å²) in [5.41, 5.74) is 1.59. The van der Waals surface area contributed by atoms with E-state index in [0.717, 1.165) is 11.1 Å². The molecule has 26 heavy (non-hydrogen) atoms. The molecule has 0 aliphatic rings. The molecule has 134 valence electrons. The number of carbonyl (C=O) groups excluding carboxylic acids is 1. The highest BCUT2D eigenvalue weighted by atomic mass is 79.9. The lowest BCUT2D eigenvalue weighted by Gasteiger charge is -2.07. The molecular formula is C18H15BrN2O5. The number of carbonyl (C=O) groups is 1. The molecule has 0 fully saturated rings. The Kier molecular flexibility index (Phi) is 5.22. The Balaban J connectivity index is 1.69. The van der Waals surface area contributed by atoms with E-state index in [2.05, 4.69) is 26.1 Å². The van der Waals surface area contributed by atoms with Crippen LogP contribution >= 0.6 is 15.9 Å². The van der Waals surface area contributed by atoms with Crippen molar-refractivity contribution in [3.8, 4) is 23.0 Å². The number of hydrogen-bond donors (Lipinski definition) is 1.